The van der Waals surface area contributed by atoms with Gasteiger partial charge in [-0.3, -0.25) is 0 Å². The number of nitrogens with one attached hydrogen (secondary N) is 2. The zero-order valence-electron chi connectivity index (χ0n) is 12.4. The molecule has 0 aliphatic carbocycles. The summed E-state index contributed by atoms with van der Waals surface area (Å²) in [6.45, 7) is 5.12. The Morgan fingerprint density at radius 2 is 2.38 bits per heavy atom. The molecule has 0 unspecified atom stereocenters. The fraction of sp³-hybridized carbons (Fsp3) is 0.562. The van der Waals surface area contributed by atoms with Gasteiger partial charge in [0, 0.05) is 30.7 Å². The van der Waals surface area contributed by atoms with Gasteiger partial charge in [0.1, 0.15) is 0 Å². The highest BCUT2D eigenvalue weighted by atomic mass is 35.5. The van der Waals surface area contributed by atoms with E-state index in [2.05, 4.69) is 16.7 Å². The summed E-state index contributed by atoms with van der Waals surface area (Å²) in [6.07, 6.45) is 3.31. The standard InChI is InChI=1S/C16H22ClN3O/c1-2-18-16(21)20-7-5-13-11(10-20)8-12(17)9-14(13)15-4-3-6-19-15/h8-9,15,19H,2-7,10H2,1H3,(H,18,21)/t15-/m0/s1. The van der Waals surface area contributed by atoms with Crippen LogP contribution >= 0.6 is 11.6 Å². The quantitative estimate of drug-likeness (QED) is 0.882. The van der Waals surface area contributed by atoms with Crippen molar-refractivity contribution in [2.75, 3.05) is 19.6 Å². The van der Waals surface area contributed by atoms with Crippen LogP contribution in [-0.4, -0.2) is 30.6 Å². The summed E-state index contributed by atoms with van der Waals surface area (Å²) in [5, 5.41) is 7.20. The van der Waals surface area contributed by atoms with Crippen molar-refractivity contribution >= 4 is 17.6 Å². The van der Waals surface area contributed by atoms with Crippen molar-refractivity contribution in [3.63, 3.8) is 0 Å². The average Bonchev–Trinajstić information content (AvgIpc) is 3.00. The SMILES string of the molecule is CCNC(=O)N1CCc2c(cc(Cl)cc2[C@@H]2CCCN2)C1. The highest BCUT2D eigenvalue weighted by Crippen LogP contribution is 2.33. The first-order chi connectivity index (χ1) is 10.2. The van der Waals surface area contributed by atoms with Crippen molar-refractivity contribution in [3.05, 3.63) is 33.8 Å². The van der Waals surface area contributed by atoms with E-state index in [1.54, 1.807) is 0 Å². The Balaban J connectivity index is 1.87. The van der Waals surface area contributed by atoms with E-state index in [-0.39, 0.29) is 6.03 Å². The van der Waals surface area contributed by atoms with Gasteiger partial charge < -0.3 is 15.5 Å². The average molecular weight is 308 g/mol. The predicted molar refractivity (Wildman–Crippen MR) is 84.6 cm³/mol. The molecule has 1 atom stereocenters. The topological polar surface area (TPSA) is 44.4 Å². The highest BCUT2D eigenvalue weighted by Gasteiger charge is 2.26. The third-order valence-electron chi connectivity index (χ3n) is 4.39. The minimum atomic E-state index is 0.0173. The molecule has 0 bridgehead atoms. The molecule has 2 amide bonds. The Hall–Kier alpha value is -1.26. The van der Waals surface area contributed by atoms with Gasteiger partial charge in [0.25, 0.3) is 0 Å². The van der Waals surface area contributed by atoms with Gasteiger partial charge in [0.2, 0.25) is 0 Å². The maximum absolute atomic E-state index is 12.0. The number of hydrogen-bond acceptors (Lipinski definition) is 2. The van der Waals surface area contributed by atoms with Gasteiger partial charge in [-0.2, -0.15) is 0 Å². The zero-order chi connectivity index (χ0) is 14.8. The van der Waals surface area contributed by atoms with Crippen LogP contribution < -0.4 is 10.6 Å². The van der Waals surface area contributed by atoms with Crippen LogP contribution in [0.5, 0.6) is 0 Å². The van der Waals surface area contributed by atoms with E-state index >= 15 is 0 Å². The number of hydrogen-bond donors (Lipinski definition) is 2. The summed E-state index contributed by atoms with van der Waals surface area (Å²) in [4.78, 5) is 13.9. The van der Waals surface area contributed by atoms with Crippen LogP contribution in [0, 0.1) is 0 Å². The first-order valence-electron chi connectivity index (χ1n) is 7.76. The maximum Gasteiger partial charge on any atom is 0.317 e. The van der Waals surface area contributed by atoms with Crippen molar-refractivity contribution < 1.29 is 4.79 Å². The molecule has 5 heteroatoms. The maximum atomic E-state index is 12.0. The van der Waals surface area contributed by atoms with Crippen molar-refractivity contribution in [1.29, 1.82) is 0 Å². The number of halogens is 1. The summed E-state index contributed by atoms with van der Waals surface area (Å²) in [6, 6.07) is 4.56. The van der Waals surface area contributed by atoms with Gasteiger partial charge in [0.05, 0.1) is 0 Å². The largest absolute Gasteiger partial charge is 0.338 e. The smallest absolute Gasteiger partial charge is 0.317 e. The molecule has 1 saturated heterocycles. The Morgan fingerprint density at radius 1 is 1.52 bits per heavy atom. The molecule has 0 saturated carbocycles. The van der Waals surface area contributed by atoms with Crippen molar-refractivity contribution in [3.8, 4) is 0 Å². The lowest BCUT2D eigenvalue weighted by Gasteiger charge is -2.31. The molecule has 2 N–H and O–H groups in total. The molecule has 4 nitrogen and oxygen atoms in total. The summed E-state index contributed by atoms with van der Waals surface area (Å²) in [5.41, 5.74) is 3.92. The lowest BCUT2D eigenvalue weighted by atomic mass is 9.90. The molecule has 3 rings (SSSR count). The van der Waals surface area contributed by atoms with E-state index in [1.807, 2.05) is 17.9 Å². The summed E-state index contributed by atoms with van der Waals surface area (Å²) in [7, 11) is 0. The van der Waals surface area contributed by atoms with Crippen molar-refractivity contribution in [2.24, 2.45) is 0 Å². The minimum Gasteiger partial charge on any atom is -0.338 e. The lowest BCUT2D eigenvalue weighted by molar-refractivity contribution is 0.193. The second kappa shape index (κ2) is 6.24. The number of urea groups is 1. The molecule has 1 fully saturated rings. The normalized spacial score (nSPS) is 21.2. The molecule has 2 heterocycles. The van der Waals surface area contributed by atoms with E-state index in [0.717, 1.165) is 24.5 Å². The van der Waals surface area contributed by atoms with E-state index in [0.29, 0.717) is 19.1 Å². The first kappa shape index (κ1) is 14.7. The molecule has 1 aromatic carbocycles. The molecule has 0 radical (unpaired) electrons. The Morgan fingerprint density at radius 3 is 3.10 bits per heavy atom. The molecule has 21 heavy (non-hydrogen) atoms. The Bertz CT molecular complexity index is 541. The number of fused-ring (bicyclic) bond motifs is 1. The van der Waals surface area contributed by atoms with Crippen LogP contribution in [0.3, 0.4) is 0 Å². The van der Waals surface area contributed by atoms with Gasteiger partial charge in [-0.05, 0) is 61.6 Å². The van der Waals surface area contributed by atoms with Crippen LogP contribution in [0.15, 0.2) is 12.1 Å². The molecule has 0 spiro atoms. The van der Waals surface area contributed by atoms with Gasteiger partial charge in [0.15, 0.2) is 0 Å². The molecular formula is C16H22ClN3O. The van der Waals surface area contributed by atoms with E-state index < -0.39 is 0 Å². The van der Waals surface area contributed by atoms with Crippen LogP contribution in [-0.2, 0) is 13.0 Å². The Labute approximate surface area is 130 Å². The molecule has 114 valence electrons. The van der Waals surface area contributed by atoms with Crippen LogP contribution in [0.1, 0.15) is 42.5 Å². The predicted octanol–water partition coefficient (Wildman–Crippen LogP) is 2.85. The lowest BCUT2D eigenvalue weighted by Crippen LogP contribution is -2.43. The van der Waals surface area contributed by atoms with Crippen LogP contribution in [0.4, 0.5) is 4.79 Å². The second-order valence-electron chi connectivity index (χ2n) is 5.79. The monoisotopic (exact) mass is 307 g/mol. The van der Waals surface area contributed by atoms with E-state index in [9.17, 15) is 4.79 Å². The molecule has 0 aromatic heterocycles. The number of rotatable bonds is 2. The number of amides is 2. The summed E-state index contributed by atoms with van der Waals surface area (Å²) >= 11 is 6.30. The highest BCUT2D eigenvalue weighted by molar-refractivity contribution is 6.30. The molecule has 1 aromatic rings. The zero-order valence-corrected chi connectivity index (χ0v) is 13.2. The summed E-state index contributed by atoms with van der Waals surface area (Å²) < 4.78 is 0. The van der Waals surface area contributed by atoms with Crippen LogP contribution in [0.2, 0.25) is 5.02 Å². The van der Waals surface area contributed by atoms with Gasteiger partial charge >= 0.3 is 6.03 Å². The number of nitrogens with zero attached hydrogens (tertiary/aromatic N) is 1. The number of carbonyl (C=O) groups is 1. The minimum absolute atomic E-state index is 0.0173. The molecule has 2 aliphatic heterocycles. The van der Waals surface area contributed by atoms with Crippen molar-refractivity contribution in [2.45, 2.75) is 38.8 Å². The second-order valence-corrected chi connectivity index (χ2v) is 6.23. The first-order valence-corrected chi connectivity index (χ1v) is 8.14. The fourth-order valence-corrected chi connectivity index (χ4v) is 3.64. The van der Waals surface area contributed by atoms with E-state index in [1.165, 1.54) is 29.5 Å². The fourth-order valence-electron chi connectivity index (χ4n) is 3.39. The van der Waals surface area contributed by atoms with Gasteiger partial charge in [-0.25, -0.2) is 4.79 Å². The Kier molecular flexibility index (Phi) is 4.36. The van der Waals surface area contributed by atoms with Gasteiger partial charge in [-0.15, -0.1) is 0 Å². The van der Waals surface area contributed by atoms with E-state index in [4.69, 9.17) is 11.6 Å². The third kappa shape index (κ3) is 3.01. The summed E-state index contributed by atoms with van der Waals surface area (Å²) in [5.74, 6) is 0. The number of benzene rings is 1. The van der Waals surface area contributed by atoms with Crippen LogP contribution in [0.25, 0.3) is 0 Å². The van der Waals surface area contributed by atoms with Gasteiger partial charge in [-0.1, -0.05) is 11.6 Å². The third-order valence-corrected chi connectivity index (χ3v) is 4.60. The molecule has 2 aliphatic rings. The molecular weight excluding hydrogens is 286 g/mol. The number of carbonyl (C=O) groups excluding carboxylic acids is 1. The van der Waals surface area contributed by atoms with Crippen molar-refractivity contribution in [1.82, 2.24) is 15.5 Å².